The van der Waals surface area contributed by atoms with Gasteiger partial charge in [0.2, 0.25) is 0 Å². The van der Waals surface area contributed by atoms with Gasteiger partial charge in [-0.2, -0.15) is 0 Å². The molecule has 0 fully saturated rings. The summed E-state index contributed by atoms with van der Waals surface area (Å²) in [6.07, 6.45) is -0.483. The van der Waals surface area contributed by atoms with E-state index in [9.17, 15) is 5.11 Å². The number of nitrogens with zero attached hydrogens (tertiary/aromatic N) is 1. The average molecular weight is 321 g/mol. The first-order valence-corrected chi connectivity index (χ1v) is 8.15. The van der Waals surface area contributed by atoms with Crippen LogP contribution in [0.1, 0.15) is 10.4 Å². The van der Waals surface area contributed by atoms with Crippen LogP contribution in [0.3, 0.4) is 0 Å². The number of hydrogen-bond acceptors (Lipinski definition) is 5. The fourth-order valence-corrected chi connectivity index (χ4v) is 2.85. The Morgan fingerprint density at radius 1 is 1.23 bits per heavy atom. The standard InChI is InChI=1S/C17H23NO3S/c1-18(10-14-5-7-16(20-2)8-6-14)11-15(19)12-21-13-17-4-3-9-22-17/h3-9,15,19H,10-13H2,1-2H3. The van der Waals surface area contributed by atoms with E-state index in [1.807, 2.05) is 48.8 Å². The van der Waals surface area contributed by atoms with Crippen molar-refractivity contribution in [2.45, 2.75) is 19.3 Å². The highest BCUT2D eigenvalue weighted by Crippen LogP contribution is 2.13. The topological polar surface area (TPSA) is 41.9 Å². The van der Waals surface area contributed by atoms with Crippen molar-refractivity contribution in [3.63, 3.8) is 0 Å². The Morgan fingerprint density at radius 2 is 2.00 bits per heavy atom. The summed E-state index contributed by atoms with van der Waals surface area (Å²) in [5.74, 6) is 0.855. The third kappa shape index (κ3) is 5.77. The maximum atomic E-state index is 10.0. The lowest BCUT2D eigenvalue weighted by molar-refractivity contribution is 0.0135. The van der Waals surface area contributed by atoms with Gasteiger partial charge < -0.3 is 14.6 Å². The summed E-state index contributed by atoms with van der Waals surface area (Å²) in [7, 11) is 3.65. The first kappa shape index (κ1) is 17.0. The van der Waals surface area contributed by atoms with Crippen molar-refractivity contribution in [2.24, 2.45) is 0 Å². The highest BCUT2D eigenvalue weighted by Gasteiger charge is 2.09. The van der Waals surface area contributed by atoms with E-state index in [2.05, 4.69) is 4.90 Å². The number of likely N-dealkylation sites (N-methyl/N-ethyl adjacent to an activating group) is 1. The molecule has 120 valence electrons. The lowest BCUT2D eigenvalue weighted by Crippen LogP contribution is -2.31. The van der Waals surface area contributed by atoms with Crippen molar-refractivity contribution < 1.29 is 14.6 Å². The second-order valence-electron chi connectivity index (χ2n) is 5.29. The molecule has 22 heavy (non-hydrogen) atoms. The normalized spacial score (nSPS) is 12.5. The highest BCUT2D eigenvalue weighted by molar-refractivity contribution is 7.09. The van der Waals surface area contributed by atoms with Crippen molar-refractivity contribution in [1.82, 2.24) is 4.90 Å². The Hall–Kier alpha value is -1.40. The monoisotopic (exact) mass is 321 g/mol. The van der Waals surface area contributed by atoms with Crippen LogP contribution in [0.25, 0.3) is 0 Å². The van der Waals surface area contributed by atoms with E-state index < -0.39 is 6.10 Å². The molecule has 0 aliphatic carbocycles. The minimum Gasteiger partial charge on any atom is -0.497 e. The third-order valence-corrected chi connectivity index (χ3v) is 4.12. The predicted octanol–water partition coefficient (Wildman–Crippen LogP) is 2.77. The SMILES string of the molecule is COc1ccc(CN(C)CC(O)COCc2cccs2)cc1. The number of aliphatic hydroxyl groups is 1. The maximum absolute atomic E-state index is 10.0. The molecule has 1 heterocycles. The van der Waals surface area contributed by atoms with E-state index in [-0.39, 0.29) is 0 Å². The summed E-state index contributed by atoms with van der Waals surface area (Å²) >= 11 is 1.67. The Labute approximate surface area is 135 Å². The number of thiophene rings is 1. The summed E-state index contributed by atoms with van der Waals surface area (Å²) in [6, 6.07) is 12.0. The lowest BCUT2D eigenvalue weighted by Gasteiger charge is -2.20. The van der Waals surface area contributed by atoms with Crippen molar-refractivity contribution in [2.75, 3.05) is 27.3 Å². The molecule has 2 rings (SSSR count). The van der Waals surface area contributed by atoms with E-state index in [1.54, 1.807) is 18.4 Å². The molecule has 0 saturated heterocycles. The predicted molar refractivity (Wildman–Crippen MR) is 89.3 cm³/mol. The first-order valence-electron chi connectivity index (χ1n) is 7.27. The molecule has 0 aliphatic rings. The molecule has 1 aromatic carbocycles. The van der Waals surface area contributed by atoms with Crippen molar-refractivity contribution in [3.05, 3.63) is 52.2 Å². The smallest absolute Gasteiger partial charge is 0.118 e. The highest BCUT2D eigenvalue weighted by atomic mass is 32.1. The summed E-state index contributed by atoms with van der Waals surface area (Å²) in [6.45, 7) is 2.28. The largest absolute Gasteiger partial charge is 0.497 e. The van der Waals surface area contributed by atoms with Gasteiger partial charge in [-0.3, -0.25) is 4.90 Å². The second kappa shape index (κ2) is 8.90. The van der Waals surface area contributed by atoms with Gasteiger partial charge in [-0.05, 0) is 36.2 Å². The van der Waals surface area contributed by atoms with E-state index in [0.29, 0.717) is 19.8 Å². The van der Waals surface area contributed by atoms with Crippen molar-refractivity contribution >= 4 is 11.3 Å². The van der Waals surface area contributed by atoms with Gasteiger partial charge in [0, 0.05) is 18.0 Å². The molecule has 2 aromatic rings. The fraction of sp³-hybridized carbons (Fsp3) is 0.412. The molecule has 1 atom stereocenters. The van der Waals surface area contributed by atoms with Crippen LogP contribution in [0.4, 0.5) is 0 Å². The van der Waals surface area contributed by atoms with E-state index in [0.717, 1.165) is 12.3 Å². The number of methoxy groups -OCH3 is 1. The second-order valence-corrected chi connectivity index (χ2v) is 6.33. The van der Waals surface area contributed by atoms with Crippen LogP contribution < -0.4 is 4.74 Å². The molecule has 0 saturated carbocycles. The van der Waals surface area contributed by atoms with Gasteiger partial charge in [-0.1, -0.05) is 18.2 Å². The van der Waals surface area contributed by atoms with E-state index in [1.165, 1.54) is 10.4 Å². The van der Waals surface area contributed by atoms with Crippen LogP contribution in [-0.4, -0.2) is 43.4 Å². The number of rotatable bonds is 9. The summed E-state index contributed by atoms with van der Waals surface area (Å²) in [5.41, 5.74) is 1.19. The molecule has 0 aliphatic heterocycles. The molecule has 1 N–H and O–H groups in total. The van der Waals surface area contributed by atoms with Gasteiger partial charge in [-0.25, -0.2) is 0 Å². The van der Waals surface area contributed by atoms with Gasteiger partial charge in [0.05, 0.1) is 26.4 Å². The van der Waals surface area contributed by atoms with Crippen LogP contribution in [0.15, 0.2) is 41.8 Å². The average Bonchev–Trinajstić information content (AvgIpc) is 3.01. The number of aliphatic hydroxyl groups excluding tert-OH is 1. The zero-order chi connectivity index (χ0) is 15.8. The molecule has 4 nitrogen and oxygen atoms in total. The molecule has 1 aromatic heterocycles. The molecule has 1 unspecified atom stereocenters. The third-order valence-electron chi connectivity index (χ3n) is 3.27. The fourth-order valence-electron chi connectivity index (χ4n) is 2.21. The van der Waals surface area contributed by atoms with Gasteiger partial charge in [0.15, 0.2) is 0 Å². The summed E-state index contributed by atoms with van der Waals surface area (Å²) in [4.78, 5) is 3.26. The zero-order valence-corrected chi connectivity index (χ0v) is 13.9. The van der Waals surface area contributed by atoms with Crippen LogP contribution in [-0.2, 0) is 17.9 Å². The van der Waals surface area contributed by atoms with Crippen LogP contribution >= 0.6 is 11.3 Å². The molecule has 0 spiro atoms. The van der Waals surface area contributed by atoms with E-state index >= 15 is 0 Å². The van der Waals surface area contributed by atoms with Gasteiger partial charge in [-0.15, -0.1) is 11.3 Å². The Morgan fingerprint density at radius 3 is 2.64 bits per heavy atom. The van der Waals surface area contributed by atoms with Crippen molar-refractivity contribution in [1.29, 1.82) is 0 Å². The van der Waals surface area contributed by atoms with Crippen molar-refractivity contribution in [3.8, 4) is 5.75 Å². The molecule has 0 bridgehead atoms. The first-order chi connectivity index (χ1) is 10.7. The van der Waals surface area contributed by atoms with Crippen LogP contribution in [0.2, 0.25) is 0 Å². The Balaban J connectivity index is 1.67. The van der Waals surface area contributed by atoms with Gasteiger partial charge >= 0.3 is 0 Å². The van der Waals surface area contributed by atoms with Crippen LogP contribution in [0.5, 0.6) is 5.75 Å². The Bertz CT molecular complexity index is 527. The molecular formula is C17H23NO3S. The quantitative estimate of drug-likeness (QED) is 0.771. The summed E-state index contributed by atoms with van der Waals surface area (Å²) < 4.78 is 10.7. The number of hydrogen-bond donors (Lipinski definition) is 1. The van der Waals surface area contributed by atoms with Crippen LogP contribution in [0, 0.1) is 0 Å². The van der Waals surface area contributed by atoms with Gasteiger partial charge in [0.25, 0.3) is 0 Å². The van der Waals surface area contributed by atoms with Gasteiger partial charge in [0.1, 0.15) is 5.75 Å². The molecule has 0 radical (unpaired) electrons. The Kier molecular flexibility index (Phi) is 6.86. The zero-order valence-electron chi connectivity index (χ0n) is 13.1. The lowest BCUT2D eigenvalue weighted by atomic mass is 10.2. The molecule has 0 amide bonds. The maximum Gasteiger partial charge on any atom is 0.118 e. The molecular weight excluding hydrogens is 298 g/mol. The number of ether oxygens (including phenoxy) is 2. The minimum atomic E-state index is -0.483. The summed E-state index contributed by atoms with van der Waals surface area (Å²) in [5, 5.41) is 12.1. The molecule has 5 heteroatoms. The van der Waals surface area contributed by atoms with E-state index in [4.69, 9.17) is 9.47 Å². The number of benzene rings is 1. The minimum absolute atomic E-state index is 0.352.